The molecule has 0 radical (unpaired) electrons. The highest BCUT2D eigenvalue weighted by Gasteiger charge is 2.41. The van der Waals surface area contributed by atoms with Crippen molar-refractivity contribution in [2.45, 2.75) is 156 Å². The number of aromatic nitrogens is 1. The highest BCUT2D eigenvalue weighted by Crippen LogP contribution is 2.47. The van der Waals surface area contributed by atoms with Crippen LogP contribution in [0.1, 0.15) is 158 Å². The summed E-state index contributed by atoms with van der Waals surface area (Å²) in [7, 11) is 6.34. The van der Waals surface area contributed by atoms with Crippen LogP contribution in [0.4, 0.5) is 45.5 Å². The molecule has 2 N–H and O–H groups in total. The van der Waals surface area contributed by atoms with Gasteiger partial charge in [-0.1, -0.05) is 112 Å². The summed E-state index contributed by atoms with van der Waals surface area (Å²) in [5, 5.41) is 13.2. The molecule has 19 rings (SSSR count). The van der Waals surface area contributed by atoms with Gasteiger partial charge in [0.2, 0.25) is 5.91 Å². The van der Waals surface area contributed by atoms with Gasteiger partial charge in [-0.2, -0.15) is 0 Å². The summed E-state index contributed by atoms with van der Waals surface area (Å²) in [6.07, 6.45) is 14.8. The standard InChI is InChI=1S/C54H50N6O7S2.C47H42N4O8.CH2Cl2.3CH4/c1-34-21-42-44(57-30-39-25-37-11-3-5-13-46(37)59(39)53(42)62)28-48(34)66-32-35-22-36(24-41(23-35)65-19-10-8-15-51(61)55-18-20-68-69-52-16-7-9-17-56-52)33-67-50-29-45-43(27-49(50)64-2)54(63)60-40(31-58-45)26-38-12-4-6-14-47(38)60;1-28-15-36-38(48-24-33-19-31-9-3-5-11-40(31)50(33)46(36)54)22-42(28)58-26-29-16-30(18-35(17-29)57-14-8-7-13-45(52)53)27-59-44-23-39-37(21-43(44)56-2)47(55)51-34(25-49-39)20-32-10-4-6-12-41(32)51;2-1-3;;;/h3-7,9,11-14,16-17,21-24,27-31,39-40H,8,10,15,18-20,25-26,32-33H2,1-2H3,(H,55,61);3-6,9-12,15-18,21-25,33-34H,7-8,13-14,19-20,26-27H2,1-2H3,(H,52,53);1H2;3*1H4/t39-,40-;33-,34-;;;;/m00..../s1. The van der Waals surface area contributed by atoms with Crippen LogP contribution in [-0.2, 0) is 61.7 Å². The maximum Gasteiger partial charge on any atom is 0.303 e. The van der Waals surface area contributed by atoms with Crippen LogP contribution >= 0.6 is 44.8 Å². The second-order valence-electron chi connectivity index (χ2n) is 32.4. The Bertz CT molecular complexity index is 6340. The summed E-state index contributed by atoms with van der Waals surface area (Å²) in [5.41, 5.74) is 17.0. The van der Waals surface area contributed by atoms with E-state index < -0.39 is 5.97 Å². The lowest BCUT2D eigenvalue weighted by atomic mass is 10.1. The van der Waals surface area contributed by atoms with Gasteiger partial charge in [-0.15, -0.1) is 23.2 Å². The zero-order valence-electron chi connectivity index (χ0n) is 72.4. The lowest BCUT2D eigenvalue weighted by molar-refractivity contribution is -0.137. The van der Waals surface area contributed by atoms with Crippen molar-refractivity contribution in [2.75, 3.05) is 64.7 Å². The number of pyridine rings is 1. The van der Waals surface area contributed by atoms with Crippen LogP contribution < -0.4 is 62.8 Å². The van der Waals surface area contributed by atoms with Crippen molar-refractivity contribution in [3.8, 4) is 46.0 Å². The number of hydrogen-bond donors (Lipinski definition) is 2. The molecule has 134 heavy (non-hydrogen) atoms. The molecule has 9 heterocycles. The predicted molar refractivity (Wildman–Crippen MR) is 533 cm³/mol. The Labute approximate surface area is 798 Å². The van der Waals surface area contributed by atoms with Crippen LogP contribution in [-0.4, -0.2) is 140 Å². The highest BCUT2D eigenvalue weighted by molar-refractivity contribution is 8.76. The Morgan fingerprint density at radius 2 is 0.754 bits per heavy atom. The monoisotopic (exact) mass is 1880 g/mol. The number of ether oxygens (including phenoxy) is 8. The molecular formula is C105H106Cl2N10O15S2. The molecule has 8 aliphatic rings. The Morgan fingerprint density at radius 1 is 0.418 bits per heavy atom. The number of nitrogens with zero attached hydrogens (tertiary/aromatic N) is 9. The van der Waals surface area contributed by atoms with Crippen molar-refractivity contribution >= 4 is 151 Å². The quantitative estimate of drug-likeness (QED) is 0.0232. The van der Waals surface area contributed by atoms with Gasteiger partial charge in [0.25, 0.3) is 23.6 Å². The molecule has 11 aromatic rings. The fourth-order valence-corrected chi connectivity index (χ4v) is 19.1. The zero-order chi connectivity index (χ0) is 90.6. The largest absolute Gasteiger partial charge is 0.494 e. The summed E-state index contributed by atoms with van der Waals surface area (Å²) in [6, 6.07) is 62.8. The number of unbranched alkanes of at least 4 members (excludes halogenated alkanes) is 2. The number of benzene rings is 10. The van der Waals surface area contributed by atoms with E-state index in [0.717, 1.165) is 95.6 Å². The van der Waals surface area contributed by atoms with Crippen LogP contribution in [0.5, 0.6) is 46.0 Å². The molecule has 25 nitrogen and oxygen atoms in total. The molecule has 4 atom stereocenters. The smallest absolute Gasteiger partial charge is 0.303 e. The summed E-state index contributed by atoms with van der Waals surface area (Å²) in [6.45, 7) is 5.83. The third-order valence-electron chi connectivity index (χ3n) is 23.6. The van der Waals surface area contributed by atoms with Crippen LogP contribution in [0.15, 0.2) is 231 Å². The number of fused-ring (bicyclic) bond motifs is 16. The van der Waals surface area contributed by atoms with E-state index >= 15 is 0 Å². The number of amides is 5. The number of nitrogens with one attached hydrogen (secondary N) is 1. The second kappa shape index (κ2) is 44.4. The van der Waals surface area contributed by atoms with Crippen LogP contribution in [0.2, 0.25) is 0 Å². The molecule has 5 amide bonds. The van der Waals surface area contributed by atoms with Crippen molar-refractivity contribution in [1.29, 1.82) is 0 Å². The van der Waals surface area contributed by atoms with Crippen molar-refractivity contribution in [2.24, 2.45) is 20.0 Å². The van der Waals surface area contributed by atoms with E-state index in [1.165, 1.54) is 7.11 Å². The van der Waals surface area contributed by atoms with E-state index in [-0.39, 0.29) is 114 Å². The molecular weight excluding hydrogens is 1780 g/mol. The Morgan fingerprint density at radius 3 is 1.10 bits per heavy atom. The molecule has 29 heteroatoms. The normalized spacial score (nSPS) is 15.9. The van der Waals surface area contributed by atoms with E-state index in [4.69, 9.17) is 86.2 Å². The van der Waals surface area contributed by atoms with E-state index in [0.29, 0.717) is 162 Å². The molecule has 0 spiro atoms. The molecule has 1 aromatic heterocycles. The minimum absolute atomic E-state index is 0. The maximum absolute atomic E-state index is 14.0. The number of anilines is 4. The van der Waals surface area contributed by atoms with Crippen molar-refractivity contribution in [3.63, 3.8) is 0 Å². The summed E-state index contributed by atoms with van der Waals surface area (Å²) >= 11 is 9.53. The molecule has 10 aromatic carbocycles. The zero-order valence-corrected chi connectivity index (χ0v) is 75.6. The lowest BCUT2D eigenvalue weighted by Gasteiger charge is -2.22. The third-order valence-corrected chi connectivity index (χ3v) is 25.8. The van der Waals surface area contributed by atoms with Crippen molar-refractivity contribution in [1.82, 2.24) is 10.3 Å². The van der Waals surface area contributed by atoms with Crippen molar-refractivity contribution < 1.29 is 71.8 Å². The van der Waals surface area contributed by atoms with Gasteiger partial charge >= 0.3 is 5.97 Å². The number of carboxylic acid groups (broad SMARTS) is 1. The first-order valence-electron chi connectivity index (χ1n) is 43.3. The predicted octanol–water partition coefficient (Wildman–Crippen LogP) is 21.9. The van der Waals surface area contributed by atoms with E-state index in [1.54, 1.807) is 64.1 Å². The summed E-state index contributed by atoms with van der Waals surface area (Å²) < 4.78 is 49.7. The maximum atomic E-state index is 14.0. The molecule has 0 fully saturated rings. The van der Waals surface area contributed by atoms with Gasteiger partial charge in [0, 0.05) is 129 Å². The fourth-order valence-electron chi connectivity index (χ4n) is 17.3. The molecule has 692 valence electrons. The number of aryl methyl sites for hydroxylation is 2. The number of aliphatic imine (C=N–C) groups is 4. The molecule has 0 aliphatic carbocycles. The van der Waals surface area contributed by atoms with Gasteiger partial charge < -0.3 is 48.3 Å². The first-order valence-corrected chi connectivity index (χ1v) is 46.7. The average Bonchev–Trinajstić information content (AvgIpc) is 1.62. The van der Waals surface area contributed by atoms with Gasteiger partial charge in [0.05, 0.1) is 102 Å². The third kappa shape index (κ3) is 21.7. The van der Waals surface area contributed by atoms with Gasteiger partial charge in [0.15, 0.2) is 23.0 Å². The number of carbonyl (C=O) groups excluding carboxylic acids is 5. The first kappa shape index (κ1) is 96.6. The molecule has 0 saturated carbocycles. The lowest BCUT2D eigenvalue weighted by Crippen LogP contribution is -2.37. The van der Waals surface area contributed by atoms with Gasteiger partial charge in [0.1, 0.15) is 54.5 Å². The van der Waals surface area contributed by atoms with Crippen LogP contribution in [0, 0.1) is 13.8 Å². The number of hydrogen-bond acceptors (Lipinski definition) is 21. The number of carboxylic acids is 1. The highest BCUT2D eigenvalue weighted by atomic mass is 35.5. The first-order chi connectivity index (χ1) is 63.9. The molecule has 0 unspecified atom stereocenters. The second-order valence-corrected chi connectivity index (χ2v) is 35.6. The van der Waals surface area contributed by atoms with E-state index in [9.17, 15) is 28.8 Å². The Balaban J connectivity index is 0.000000207. The van der Waals surface area contributed by atoms with Crippen LogP contribution in [0.3, 0.4) is 0 Å². The number of rotatable bonds is 31. The van der Waals surface area contributed by atoms with E-state index in [1.807, 2.05) is 217 Å². The fraction of sp³-hybridized carbons (Fsp3) is 0.286. The number of aliphatic carboxylic acids is 1. The van der Waals surface area contributed by atoms with Gasteiger partial charge in [-0.25, -0.2) is 4.98 Å². The minimum Gasteiger partial charge on any atom is -0.494 e. The number of carbonyl (C=O) groups is 6. The number of para-hydroxylation sites is 4. The van der Waals surface area contributed by atoms with E-state index in [2.05, 4.69) is 22.4 Å². The van der Waals surface area contributed by atoms with Crippen molar-refractivity contribution in [3.05, 3.63) is 284 Å². The Hall–Kier alpha value is -13.5. The summed E-state index contributed by atoms with van der Waals surface area (Å²) in [5.74, 6) is 3.59. The SMILES string of the molecule is C.C.C.COc1cc2c(cc1OCc1cc(COc3cc4c(cc3C)C(=O)N3c5ccccc5C[C@H]3C=N4)cc(OCCCCC(=O)NCCSSc3ccccn3)c1)N=C[C@@H]1Cc3ccccc3N1C2=O.COc1cc2c(cc1OCc1cc(COc3cc4c(cc3C)C(=O)N3c5ccccc5C[C@H]3C=N4)cc(OCCCCC(=O)O)c1)N=C[C@@H]1Cc3ccccc3N1C2=O.ClCCl. The van der Waals surface area contributed by atoms with Gasteiger partial charge in [-0.05, 0) is 203 Å². The number of halogens is 2. The number of alkyl halides is 2. The molecule has 8 aliphatic heterocycles. The minimum atomic E-state index is -0.841. The Kier molecular flexibility index (Phi) is 32.0. The summed E-state index contributed by atoms with van der Waals surface area (Å²) in [4.78, 5) is 110. The number of methoxy groups -OCH3 is 2. The van der Waals surface area contributed by atoms with Crippen LogP contribution in [0.25, 0.3) is 0 Å². The topological polar surface area (TPSA) is 284 Å². The molecule has 0 bridgehead atoms. The molecule has 0 saturated heterocycles. The van der Waals surface area contributed by atoms with Gasteiger partial charge in [-0.3, -0.25) is 68.3 Å². The average molecular weight is 1880 g/mol.